The number of carbonyl (C=O) groups is 1. The number of esters is 1. The van der Waals surface area contributed by atoms with Crippen molar-refractivity contribution in [3.05, 3.63) is 76.2 Å². The van der Waals surface area contributed by atoms with Crippen molar-refractivity contribution >= 4 is 16.1 Å². The second-order valence-electron chi connectivity index (χ2n) is 6.36. The van der Waals surface area contributed by atoms with Crippen LogP contribution in [0.2, 0.25) is 0 Å². The first kappa shape index (κ1) is 22.0. The fourth-order valence-corrected chi connectivity index (χ4v) is 3.92. The number of hydrogen-bond donors (Lipinski definition) is 0. The van der Waals surface area contributed by atoms with Crippen LogP contribution >= 0.6 is 0 Å². The van der Waals surface area contributed by atoms with Gasteiger partial charge in [-0.1, -0.05) is 24.3 Å². The minimum atomic E-state index is -4.46. The third-order valence-electron chi connectivity index (χ3n) is 4.15. The monoisotopic (exact) mass is 444 g/mol. The Morgan fingerprint density at radius 3 is 2.42 bits per heavy atom. The third kappa shape index (κ3) is 4.75. The molecule has 3 rings (SSSR count). The zero-order valence-electron chi connectivity index (χ0n) is 17.1. The van der Waals surface area contributed by atoms with Gasteiger partial charge in [-0.05, 0) is 43.7 Å². The Labute approximate surface area is 178 Å². The van der Waals surface area contributed by atoms with E-state index in [1.165, 1.54) is 19.2 Å². The van der Waals surface area contributed by atoms with E-state index in [1.54, 1.807) is 50.2 Å². The SMILES string of the molecule is CCOC(=O)c1nn(-c2ccccc2)c(=O)cc1OS(=O)(=O)c1cc(C)ccc1OC. The fraction of sp³-hybridized carbons (Fsp3) is 0.190. The molecular weight excluding hydrogens is 424 g/mol. The van der Waals surface area contributed by atoms with Crippen molar-refractivity contribution in [2.24, 2.45) is 0 Å². The van der Waals surface area contributed by atoms with Crippen molar-refractivity contribution in [2.75, 3.05) is 13.7 Å². The van der Waals surface area contributed by atoms with Crippen molar-refractivity contribution in [3.8, 4) is 17.2 Å². The van der Waals surface area contributed by atoms with E-state index in [9.17, 15) is 18.0 Å². The molecule has 0 N–H and O–H groups in total. The van der Waals surface area contributed by atoms with E-state index in [1.807, 2.05) is 0 Å². The second-order valence-corrected chi connectivity index (χ2v) is 7.87. The zero-order chi connectivity index (χ0) is 22.6. The van der Waals surface area contributed by atoms with Gasteiger partial charge in [-0.3, -0.25) is 4.79 Å². The molecule has 0 aliphatic carbocycles. The molecular formula is C21H20N2O7S. The van der Waals surface area contributed by atoms with Crippen LogP contribution in [0.1, 0.15) is 23.0 Å². The molecule has 0 amide bonds. The molecule has 1 aromatic heterocycles. The third-order valence-corrected chi connectivity index (χ3v) is 5.41. The van der Waals surface area contributed by atoms with Gasteiger partial charge in [0.25, 0.3) is 5.56 Å². The average molecular weight is 444 g/mol. The van der Waals surface area contributed by atoms with Crippen LogP contribution < -0.4 is 14.5 Å². The van der Waals surface area contributed by atoms with Crippen molar-refractivity contribution in [2.45, 2.75) is 18.7 Å². The lowest BCUT2D eigenvalue weighted by molar-refractivity contribution is 0.0515. The highest BCUT2D eigenvalue weighted by atomic mass is 32.2. The number of rotatable bonds is 7. The first-order chi connectivity index (χ1) is 14.8. The van der Waals surface area contributed by atoms with Crippen molar-refractivity contribution in [1.29, 1.82) is 0 Å². The maximum absolute atomic E-state index is 12.9. The Bertz CT molecular complexity index is 1270. The van der Waals surface area contributed by atoms with Gasteiger partial charge in [0.2, 0.25) is 5.69 Å². The molecule has 9 nitrogen and oxygen atoms in total. The lowest BCUT2D eigenvalue weighted by Crippen LogP contribution is -2.26. The molecule has 0 saturated heterocycles. The number of aryl methyl sites for hydroxylation is 1. The summed E-state index contributed by atoms with van der Waals surface area (Å²) < 4.78 is 42.1. The Hall–Kier alpha value is -3.66. The van der Waals surface area contributed by atoms with Crippen LogP contribution in [0.25, 0.3) is 5.69 Å². The van der Waals surface area contributed by atoms with Gasteiger partial charge >= 0.3 is 16.1 Å². The molecule has 0 aliphatic rings. The van der Waals surface area contributed by atoms with Crippen LogP contribution in [-0.4, -0.2) is 37.9 Å². The molecule has 0 radical (unpaired) electrons. The van der Waals surface area contributed by atoms with E-state index in [2.05, 4.69) is 5.10 Å². The van der Waals surface area contributed by atoms with E-state index in [0.29, 0.717) is 11.3 Å². The molecule has 2 aromatic carbocycles. The maximum Gasteiger partial charge on any atom is 0.362 e. The van der Waals surface area contributed by atoms with Crippen LogP contribution in [0.4, 0.5) is 0 Å². The van der Waals surface area contributed by atoms with Gasteiger partial charge in [-0.2, -0.15) is 18.2 Å². The van der Waals surface area contributed by atoms with Gasteiger partial charge in [-0.25, -0.2) is 4.79 Å². The van der Waals surface area contributed by atoms with Gasteiger partial charge in [0.1, 0.15) is 10.6 Å². The molecule has 0 aliphatic heterocycles. The molecule has 0 atom stereocenters. The lowest BCUT2D eigenvalue weighted by Gasteiger charge is -2.14. The summed E-state index contributed by atoms with van der Waals surface area (Å²) in [6, 6.07) is 13.7. The number of ether oxygens (including phenoxy) is 2. The highest BCUT2D eigenvalue weighted by Crippen LogP contribution is 2.28. The minimum Gasteiger partial charge on any atom is -0.495 e. The maximum atomic E-state index is 12.9. The van der Waals surface area contributed by atoms with Crippen LogP contribution in [0.3, 0.4) is 0 Å². The van der Waals surface area contributed by atoms with Gasteiger partial charge in [0.15, 0.2) is 5.75 Å². The summed E-state index contributed by atoms with van der Waals surface area (Å²) in [4.78, 5) is 24.8. The van der Waals surface area contributed by atoms with Crippen LogP contribution in [0.15, 0.2) is 64.3 Å². The summed E-state index contributed by atoms with van der Waals surface area (Å²) in [6.07, 6.45) is 0. The van der Waals surface area contributed by atoms with Crippen molar-refractivity contribution in [3.63, 3.8) is 0 Å². The molecule has 1 heterocycles. The lowest BCUT2D eigenvalue weighted by atomic mass is 10.2. The second kappa shape index (κ2) is 9.00. The van der Waals surface area contributed by atoms with Crippen molar-refractivity contribution < 1.29 is 26.9 Å². The molecule has 0 bridgehead atoms. The number of nitrogens with zero attached hydrogens (tertiary/aromatic N) is 2. The predicted octanol–water partition coefficient (Wildman–Crippen LogP) is 2.49. The summed E-state index contributed by atoms with van der Waals surface area (Å²) in [5, 5.41) is 4.01. The molecule has 0 fully saturated rings. The van der Waals surface area contributed by atoms with E-state index < -0.39 is 33.1 Å². The van der Waals surface area contributed by atoms with Crippen molar-refractivity contribution in [1.82, 2.24) is 9.78 Å². The van der Waals surface area contributed by atoms with Gasteiger partial charge in [0.05, 0.1) is 25.5 Å². The number of benzene rings is 2. The average Bonchev–Trinajstić information content (AvgIpc) is 2.74. The molecule has 10 heteroatoms. The number of carbonyl (C=O) groups excluding carboxylic acids is 1. The minimum absolute atomic E-state index is 0.0167. The normalized spacial score (nSPS) is 11.1. The Morgan fingerprint density at radius 1 is 1.06 bits per heavy atom. The predicted molar refractivity (Wildman–Crippen MR) is 111 cm³/mol. The molecule has 0 unspecified atom stereocenters. The van der Waals surface area contributed by atoms with Gasteiger partial charge in [0, 0.05) is 0 Å². The smallest absolute Gasteiger partial charge is 0.362 e. The first-order valence-electron chi connectivity index (χ1n) is 9.23. The van der Waals surface area contributed by atoms with Gasteiger partial charge in [-0.15, -0.1) is 0 Å². The van der Waals surface area contributed by atoms with E-state index in [4.69, 9.17) is 13.7 Å². The summed E-state index contributed by atoms with van der Waals surface area (Å²) in [5.74, 6) is -1.43. The Balaban J connectivity index is 2.14. The molecule has 0 saturated carbocycles. The fourth-order valence-electron chi connectivity index (χ4n) is 2.74. The largest absolute Gasteiger partial charge is 0.495 e. The highest BCUT2D eigenvalue weighted by molar-refractivity contribution is 7.87. The van der Waals surface area contributed by atoms with Crippen LogP contribution in [0, 0.1) is 6.92 Å². The molecule has 0 spiro atoms. The topological polar surface area (TPSA) is 114 Å². The summed E-state index contributed by atoms with van der Waals surface area (Å²) in [5.41, 5.74) is -0.125. The Kier molecular flexibility index (Phi) is 6.40. The molecule has 162 valence electrons. The van der Waals surface area contributed by atoms with Crippen LogP contribution in [0.5, 0.6) is 11.5 Å². The number of methoxy groups -OCH3 is 1. The summed E-state index contributed by atoms with van der Waals surface area (Å²) >= 11 is 0. The standard InChI is InChI=1S/C21H20N2O7S/c1-4-29-21(25)20-17(13-19(24)23(22-20)15-8-6-5-7-9-15)30-31(26,27)18-12-14(2)10-11-16(18)28-3/h5-13H,4H2,1-3H3. The van der Waals surface area contributed by atoms with E-state index in [-0.39, 0.29) is 17.3 Å². The molecule has 3 aromatic rings. The molecule has 31 heavy (non-hydrogen) atoms. The number of aromatic nitrogens is 2. The van der Waals surface area contributed by atoms with Gasteiger partial charge < -0.3 is 13.7 Å². The quantitative estimate of drug-likeness (QED) is 0.403. The first-order valence-corrected chi connectivity index (χ1v) is 10.6. The summed E-state index contributed by atoms with van der Waals surface area (Å²) in [7, 11) is -3.15. The number of hydrogen-bond acceptors (Lipinski definition) is 8. The summed E-state index contributed by atoms with van der Waals surface area (Å²) in [6.45, 7) is 3.30. The van der Waals surface area contributed by atoms with E-state index in [0.717, 1.165) is 10.7 Å². The van der Waals surface area contributed by atoms with E-state index >= 15 is 0 Å². The number of para-hydroxylation sites is 1. The highest BCUT2D eigenvalue weighted by Gasteiger charge is 2.27. The Morgan fingerprint density at radius 2 is 1.77 bits per heavy atom. The zero-order valence-corrected chi connectivity index (χ0v) is 17.9. The van der Waals surface area contributed by atoms with Crippen LogP contribution in [-0.2, 0) is 14.9 Å².